The summed E-state index contributed by atoms with van der Waals surface area (Å²) in [6.45, 7) is 1.19. The van der Waals surface area contributed by atoms with E-state index in [2.05, 4.69) is 4.57 Å². The van der Waals surface area contributed by atoms with Crippen molar-refractivity contribution in [2.45, 2.75) is 31.3 Å². The summed E-state index contributed by atoms with van der Waals surface area (Å²) in [5.74, 6) is 0. The number of nitrogens with zero attached hydrogens (tertiary/aromatic N) is 1. The minimum atomic E-state index is -1.82. The van der Waals surface area contributed by atoms with Crippen molar-refractivity contribution >= 4 is 8.72 Å². The van der Waals surface area contributed by atoms with Crippen LogP contribution in [-0.2, 0) is 8.85 Å². The number of rotatable bonds is 3. The van der Waals surface area contributed by atoms with Crippen molar-refractivity contribution in [3.05, 3.63) is 0 Å². The topological polar surface area (TPSA) is 21.7 Å². The summed E-state index contributed by atoms with van der Waals surface area (Å²) in [4.78, 5) is 0. The van der Waals surface area contributed by atoms with Gasteiger partial charge in [-0.1, -0.05) is 6.42 Å². The zero-order valence-electron chi connectivity index (χ0n) is 7.88. The van der Waals surface area contributed by atoms with Crippen molar-refractivity contribution in [3.8, 4) is 0 Å². The maximum absolute atomic E-state index is 5.54. The summed E-state index contributed by atoms with van der Waals surface area (Å²) >= 11 is 0. The highest BCUT2D eigenvalue weighted by Crippen LogP contribution is 2.37. The molecule has 3 nitrogen and oxygen atoms in total. The molecular weight excluding hydrogens is 170 g/mol. The SMILES string of the molecule is CO[Si]1(OC)CCN1C1CCC1. The molecule has 2 aliphatic rings. The van der Waals surface area contributed by atoms with Crippen molar-refractivity contribution in [2.75, 3.05) is 20.8 Å². The molecule has 0 aromatic carbocycles. The first-order chi connectivity index (χ1) is 5.82. The Balaban J connectivity index is 1.97. The van der Waals surface area contributed by atoms with Crippen LogP contribution >= 0.6 is 0 Å². The molecule has 0 spiro atoms. The molecule has 0 atom stereocenters. The van der Waals surface area contributed by atoms with Crippen LogP contribution < -0.4 is 0 Å². The zero-order valence-corrected chi connectivity index (χ0v) is 8.88. The van der Waals surface area contributed by atoms with Crippen LogP contribution in [0.1, 0.15) is 19.3 Å². The predicted molar refractivity (Wildman–Crippen MR) is 48.9 cm³/mol. The van der Waals surface area contributed by atoms with Crippen molar-refractivity contribution in [2.24, 2.45) is 0 Å². The molecule has 1 saturated heterocycles. The van der Waals surface area contributed by atoms with E-state index in [1.165, 1.54) is 25.8 Å². The average molecular weight is 187 g/mol. The van der Waals surface area contributed by atoms with Crippen LogP contribution in [0.2, 0.25) is 6.04 Å². The Kier molecular flexibility index (Phi) is 2.24. The lowest BCUT2D eigenvalue weighted by Gasteiger charge is -2.53. The van der Waals surface area contributed by atoms with Gasteiger partial charge in [0.15, 0.2) is 0 Å². The second kappa shape index (κ2) is 3.10. The molecule has 1 heterocycles. The van der Waals surface area contributed by atoms with E-state index in [0.717, 1.165) is 12.1 Å². The fraction of sp³-hybridized carbons (Fsp3) is 1.00. The van der Waals surface area contributed by atoms with Crippen LogP contribution in [0.3, 0.4) is 0 Å². The lowest BCUT2D eigenvalue weighted by atomic mass is 9.93. The van der Waals surface area contributed by atoms with Gasteiger partial charge in [0.05, 0.1) is 0 Å². The van der Waals surface area contributed by atoms with Crippen LogP contribution in [0.4, 0.5) is 0 Å². The molecule has 1 saturated carbocycles. The first-order valence-corrected chi connectivity index (χ1v) is 6.66. The largest absolute Gasteiger partial charge is 0.428 e. The highest BCUT2D eigenvalue weighted by Gasteiger charge is 2.55. The molecule has 0 amide bonds. The Hall–Kier alpha value is 0.0969. The third-order valence-electron chi connectivity index (χ3n) is 3.26. The molecule has 1 aliphatic heterocycles. The van der Waals surface area contributed by atoms with Gasteiger partial charge in [-0.05, 0) is 19.4 Å². The molecular formula is C8H17NO2Si. The number of hydrogen-bond acceptors (Lipinski definition) is 3. The Bertz CT molecular complexity index is 163. The molecule has 2 rings (SSSR count). The normalized spacial score (nSPS) is 29.5. The number of hydrogen-bond donors (Lipinski definition) is 0. The third kappa shape index (κ3) is 1.06. The fourth-order valence-corrected chi connectivity index (χ4v) is 4.81. The van der Waals surface area contributed by atoms with Crippen LogP contribution in [0.5, 0.6) is 0 Å². The van der Waals surface area contributed by atoms with Crippen molar-refractivity contribution in [3.63, 3.8) is 0 Å². The summed E-state index contributed by atoms with van der Waals surface area (Å²) in [7, 11) is 1.76. The van der Waals surface area contributed by atoms with E-state index in [1.54, 1.807) is 14.2 Å². The second-order valence-electron chi connectivity index (χ2n) is 3.65. The molecule has 0 unspecified atom stereocenters. The fourth-order valence-electron chi connectivity index (χ4n) is 2.10. The lowest BCUT2D eigenvalue weighted by Crippen LogP contribution is -2.71. The third-order valence-corrected chi connectivity index (χ3v) is 6.85. The van der Waals surface area contributed by atoms with Crippen LogP contribution in [0.15, 0.2) is 0 Å². The predicted octanol–water partition coefficient (Wildman–Crippen LogP) is 1.09. The maximum Gasteiger partial charge on any atom is 0.428 e. The van der Waals surface area contributed by atoms with Crippen molar-refractivity contribution in [1.29, 1.82) is 0 Å². The molecule has 12 heavy (non-hydrogen) atoms. The van der Waals surface area contributed by atoms with Gasteiger partial charge < -0.3 is 8.85 Å². The smallest absolute Gasteiger partial charge is 0.386 e. The van der Waals surface area contributed by atoms with Crippen molar-refractivity contribution in [1.82, 2.24) is 4.57 Å². The minimum absolute atomic E-state index is 0.783. The van der Waals surface area contributed by atoms with E-state index >= 15 is 0 Å². The highest BCUT2D eigenvalue weighted by molar-refractivity contribution is 6.67. The summed E-state index contributed by atoms with van der Waals surface area (Å²) in [6, 6.07) is 1.93. The molecule has 0 bridgehead atoms. The van der Waals surface area contributed by atoms with E-state index in [1.807, 2.05) is 0 Å². The van der Waals surface area contributed by atoms with Crippen LogP contribution in [0, 0.1) is 0 Å². The first kappa shape index (κ1) is 8.68. The molecule has 2 fully saturated rings. The monoisotopic (exact) mass is 187 g/mol. The van der Waals surface area contributed by atoms with Gasteiger partial charge in [0.2, 0.25) is 0 Å². The first-order valence-electron chi connectivity index (χ1n) is 4.69. The molecule has 70 valence electrons. The average Bonchev–Trinajstić information content (AvgIpc) is 1.98. The lowest BCUT2D eigenvalue weighted by molar-refractivity contribution is 0.0694. The van der Waals surface area contributed by atoms with Gasteiger partial charge >= 0.3 is 8.72 Å². The molecule has 0 aromatic rings. The van der Waals surface area contributed by atoms with E-state index in [0.29, 0.717) is 0 Å². The van der Waals surface area contributed by atoms with Gasteiger partial charge in [-0.2, -0.15) is 0 Å². The van der Waals surface area contributed by atoms with Crippen molar-refractivity contribution < 1.29 is 8.85 Å². The standard InChI is InChI=1S/C8H17NO2Si/c1-10-12(11-2)7-6-9(12)8-4-3-5-8/h8H,3-7H2,1-2H3. The molecule has 1 aliphatic carbocycles. The minimum Gasteiger partial charge on any atom is -0.386 e. The van der Waals surface area contributed by atoms with E-state index in [9.17, 15) is 0 Å². The van der Waals surface area contributed by atoms with Gasteiger partial charge in [0.25, 0.3) is 0 Å². The zero-order chi connectivity index (χ0) is 8.60. The highest BCUT2D eigenvalue weighted by atomic mass is 28.4. The van der Waals surface area contributed by atoms with Gasteiger partial charge in [-0.25, -0.2) is 0 Å². The van der Waals surface area contributed by atoms with Gasteiger partial charge in [0, 0.05) is 26.3 Å². The summed E-state index contributed by atoms with van der Waals surface area (Å²) in [5.41, 5.74) is 0. The van der Waals surface area contributed by atoms with Crippen LogP contribution in [0.25, 0.3) is 0 Å². The Morgan fingerprint density at radius 2 is 1.92 bits per heavy atom. The summed E-state index contributed by atoms with van der Waals surface area (Å²) in [6.07, 6.45) is 4.09. The van der Waals surface area contributed by atoms with E-state index < -0.39 is 8.72 Å². The van der Waals surface area contributed by atoms with E-state index in [4.69, 9.17) is 8.85 Å². The molecule has 0 radical (unpaired) electrons. The van der Waals surface area contributed by atoms with Crippen LogP contribution in [-0.4, -0.2) is 40.1 Å². The Labute approximate surface area is 75.0 Å². The summed E-state index contributed by atoms with van der Waals surface area (Å²) in [5, 5.41) is 0. The maximum atomic E-state index is 5.54. The second-order valence-corrected chi connectivity index (χ2v) is 6.97. The van der Waals surface area contributed by atoms with Gasteiger partial charge in [-0.3, -0.25) is 4.57 Å². The molecule has 0 aromatic heterocycles. The van der Waals surface area contributed by atoms with E-state index in [-0.39, 0.29) is 0 Å². The van der Waals surface area contributed by atoms with Gasteiger partial charge in [0.1, 0.15) is 0 Å². The molecule has 4 heteroatoms. The quantitative estimate of drug-likeness (QED) is 0.617. The Morgan fingerprint density at radius 1 is 1.25 bits per heavy atom. The Morgan fingerprint density at radius 3 is 2.17 bits per heavy atom. The molecule has 0 N–H and O–H groups in total. The van der Waals surface area contributed by atoms with Gasteiger partial charge in [-0.15, -0.1) is 0 Å². The summed E-state index contributed by atoms with van der Waals surface area (Å²) < 4.78 is 13.6.